The minimum Gasteiger partial charge on any atom is -0.480 e. The number of nitrogen functional groups attached to an aromatic ring is 1. The number of carboxylic acids is 1. The van der Waals surface area contributed by atoms with Crippen LogP contribution >= 0.6 is 0 Å². The number of nitrogens with zero attached hydrogens (tertiary/aromatic N) is 2. The number of carboxylic acid groups (broad SMARTS) is 1. The molecule has 0 amide bonds. The van der Waals surface area contributed by atoms with Gasteiger partial charge >= 0.3 is 5.97 Å². The molecule has 6 heteroatoms. The van der Waals surface area contributed by atoms with Gasteiger partial charge in [-0.2, -0.15) is 4.98 Å². The number of rotatable bonds is 3. The van der Waals surface area contributed by atoms with Crippen molar-refractivity contribution in [3.63, 3.8) is 0 Å². The van der Waals surface area contributed by atoms with E-state index in [-0.39, 0.29) is 5.95 Å². The first-order valence-electron chi connectivity index (χ1n) is 4.09. The van der Waals surface area contributed by atoms with Crippen molar-refractivity contribution in [2.45, 2.75) is 19.9 Å². The van der Waals surface area contributed by atoms with Crippen LogP contribution in [0.25, 0.3) is 0 Å². The molecule has 0 aliphatic rings. The zero-order valence-electron chi connectivity index (χ0n) is 7.98. The van der Waals surface area contributed by atoms with Gasteiger partial charge in [0.05, 0.1) is 0 Å². The largest absolute Gasteiger partial charge is 0.480 e. The van der Waals surface area contributed by atoms with Crippen LogP contribution in [-0.4, -0.2) is 27.1 Å². The molecule has 0 aliphatic carbocycles. The standard InChI is InChI=1S/C8H12N4O2/c1-4-3-6(12-8(9)10-4)11-5(2)7(13)14/h3,5H,1-2H3,(H,13,14)(H3,9,10,11,12). The first kappa shape index (κ1) is 10.2. The van der Waals surface area contributed by atoms with Gasteiger partial charge in [-0.25, -0.2) is 4.98 Å². The molecular weight excluding hydrogens is 184 g/mol. The molecule has 0 saturated carbocycles. The van der Waals surface area contributed by atoms with Gasteiger partial charge in [-0.3, -0.25) is 4.79 Å². The van der Waals surface area contributed by atoms with Crippen molar-refractivity contribution >= 4 is 17.7 Å². The van der Waals surface area contributed by atoms with Crippen LogP contribution in [0.15, 0.2) is 6.07 Å². The molecule has 4 N–H and O–H groups in total. The number of aryl methyl sites for hydroxylation is 1. The lowest BCUT2D eigenvalue weighted by atomic mass is 10.3. The lowest BCUT2D eigenvalue weighted by Crippen LogP contribution is -2.26. The summed E-state index contributed by atoms with van der Waals surface area (Å²) >= 11 is 0. The van der Waals surface area contributed by atoms with E-state index >= 15 is 0 Å². The number of hydrogen-bond acceptors (Lipinski definition) is 5. The minimum absolute atomic E-state index is 0.130. The maximum atomic E-state index is 10.5. The molecule has 14 heavy (non-hydrogen) atoms. The van der Waals surface area contributed by atoms with Crippen molar-refractivity contribution in [3.05, 3.63) is 11.8 Å². The molecule has 1 unspecified atom stereocenters. The number of nitrogens with two attached hydrogens (primary N) is 1. The SMILES string of the molecule is Cc1cc(NC(C)C(=O)O)nc(N)n1. The first-order chi connectivity index (χ1) is 6.49. The Balaban J connectivity index is 2.81. The van der Waals surface area contributed by atoms with Crippen molar-refractivity contribution in [2.24, 2.45) is 0 Å². The summed E-state index contributed by atoms with van der Waals surface area (Å²) < 4.78 is 0. The molecule has 1 rings (SSSR count). The molecule has 0 radical (unpaired) electrons. The fraction of sp³-hybridized carbons (Fsp3) is 0.375. The van der Waals surface area contributed by atoms with Gasteiger partial charge in [0.15, 0.2) is 0 Å². The van der Waals surface area contributed by atoms with E-state index in [1.807, 2.05) is 0 Å². The third kappa shape index (κ3) is 2.58. The Labute approximate surface area is 81.2 Å². The van der Waals surface area contributed by atoms with Crippen LogP contribution in [0.1, 0.15) is 12.6 Å². The van der Waals surface area contributed by atoms with Gasteiger partial charge in [0.1, 0.15) is 11.9 Å². The van der Waals surface area contributed by atoms with Crippen LogP contribution in [0, 0.1) is 6.92 Å². The molecule has 0 aromatic carbocycles. The van der Waals surface area contributed by atoms with Gasteiger partial charge < -0.3 is 16.2 Å². The second-order valence-corrected chi connectivity index (χ2v) is 2.96. The summed E-state index contributed by atoms with van der Waals surface area (Å²) in [5, 5.41) is 11.3. The third-order valence-electron chi connectivity index (χ3n) is 1.61. The summed E-state index contributed by atoms with van der Waals surface area (Å²) in [6.45, 7) is 3.28. The van der Waals surface area contributed by atoms with Crippen molar-refractivity contribution < 1.29 is 9.90 Å². The average molecular weight is 196 g/mol. The van der Waals surface area contributed by atoms with Crippen LogP contribution in [0.5, 0.6) is 0 Å². The molecule has 1 atom stereocenters. The Hall–Kier alpha value is -1.85. The molecule has 1 aromatic heterocycles. The summed E-state index contributed by atoms with van der Waals surface area (Å²) in [5.41, 5.74) is 6.09. The lowest BCUT2D eigenvalue weighted by Gasteiger charge is -2.10. The minimum atomic E-state index is -0.945. The summed E-state index contributed by atoms with van der Waals surface area (Å²) in [6, 6.07) is 0.930. The second-order valence-electron chi connectivity index (χ2n) is 2.96. The van der Waals surface area contributed by atoms with E-state index in [0.29, 0.717) is 11.5 Å². The Morgan fingerprint density at radius 2 is 2.29 bits per heavy atom. The summed E-state index contributed by atoms with van der Waals surface area (Å²) in [4.78, 5) is 18.3. The molecule has 0 spiro atoms. The van der Waals surface area contributed by atoms with Gasteiger partial charge in [-0.05, 0) is 13.8 Å². The molecule has 0 saturated heterocycles. The molecule has 1 aromatic rings. The summed E-state index contributed by atoms with van der Waals surface area (Å²) in [5.74, 6) is -0.394. The van der Waals surface area contributed by atoms with Gasteiger partial charge in [-0.1, -0.05) is 0 Å². The maximum absolute atomic E-state index is 10.5. The smallest absolute Gasteiger partial charge is 0.325 e. The quantitative estimate of drug-likeness (QED) is 0.640. The van der Waals surface area contributed by atoms with Crippen molar-refractivity contribution in [1.29, 1.82) is 0 Å². The fourth-order valence-corrected chi connectivity index (χ4v) is 0.949. The average Bonchev–Trinajstić information content (AvgIpc) is 2.01. The molecule has 1 heterocycles. The lowest BCUT2D eigenvalue weighted by molar-refractivity contribution is -0.137. The Morgan fingerprint density at radius 1 is 1.64 bits per heavy atom. The highest BCUT2D eigenvalue weighted by Crippen LogP contribution is 2.08. The molecule has 0 aliphatic heterocycles. The van der Waals surface area contributed by atoms with Gasteiger partial charge in [0.2, 0.25) is 5.95 Å². The first-order valence-corrected chi connectivity index (χ1v) is 4.09. The molecule has 0 bridgehead atoms. The zero-order valence-corrected chi connectivity index (χ0v) is 7.98. The molecular formula is C8H12N4O2. The fourth-order valence-electron chi connectivity index (χ4n) is 0.949. The topological polar surface area (TPSA) is 101 Å². The number of hydrogen-bond donors (Lipinski definition) is 3. The van der Waals surface area contributed by atoms with Crippen LogP contribution in [0.2, 0.25) is 0 Å². The van der Waals surface area contributed by atoms with Crippen molar-refractivity contribution in [2.75, 3.05) is 11.1 Å². The van der Waals surface area contributed by atoms with Gasteiger partial charge in [0, 0.05) is 11.8 Å². The molecule has 6 nitrogen and oxygen atoms in total. The van der Waals surface area contributed by atoms with Crippen LogP contribution < -0.4 is 11.1 Å². The molecule has 0 fully saturated rings. The number of aromatic nitrogens is 2. The predicted octanol–water partition coefficient (Wildman–Crippen LogP) is 0.252. The van der Waals surface area contributed by atoms with E-state index in [2.05, 4.69) is 15.3 Å². The highest BCUT2D eigenvalue weighted by Gasteiger charge is 2.11. The molecule has 76 valence electrons. The Morgan fingerprint density at radius 3 is 2.79 bits per heavy atom. The maximum Gasteiger partial charge on any atom is 0.325 e. The number of nitrogens with one attached hydrogen (secondary N) is 1. The number of anilines is 2. The predicted molar refractivity (Wildman–Crippen MR) is 51.9 cm³/mol. The Bertz CT molecular complexity index is 333. The van der Waals surface area contributed by atoms with Gasteiger partial charge in [-0.15, -0.1) is 0 Å². The highest BCUT2D eigenvalue weighted by atomic mass is 16.4. The van der Waals surface area contributed by atoms with Crippen LogP contribution in [0.3, 0.4) is 0 Å². The summed E-state index contributed by atoms with van der Waals surface area (Å²) in [7, 11) is 0. The normalized spacial score (nSPS) is 12.1. The van der Waals surface area contributed by atoms with Crippen LogP contribution in [-0.2, 0) is 4.79 Å². The Kier molecular flexibility index (Phi) is 2.85. The number of aliphatic carboxylic acids is 1. The van der Waals surface area contributed by atoms with Crippen LogP contribution in [0.4, 0.5) is 11.8 Å². The van der Waals surface area contributed by atoms with Gasteiger partial charge in [0.25, 0.3) is 0 Å². The van der Waals surface area contributed by atoms with E-state index in [0.717, 1.165) is 0 Å². The van der Waals surface area contributed by atoms with E-state index in [1.54, 1.807) is 13.0 Å². The van der Waals surface area contributed by atoms with E-state index < -0.39 is 12.0 Å². The van der Waals surface area contributed by atoms with Crippen molar-refractivity contribution in [3.8, 4) is 0 Å². The zero-order chi connectivity index (χ0) is 10.7. The summed E-state index contributed by atoms with van der Waals surface area (Å²) in [6.07, 6.45) is 0. The van der Waals surface area contributed by atoms with Crippen molar-refractivity contribution in [1.82, 2.24) is 9.97 Å². The number of carbonyl (C=O) groups is 1. The highest BCUT2D eigenvalue weighted by molar-refractivity contribution is 5.76. The monoisotopic (exact) mass is 196 g/mol. The van der Waals surface area contributed by atoms with E-state index in [1.165, 1.54) is 6.92 Å². The second kappa shape index (κ2) is 3.91. The van der Waals surface area contributed by atoms with E-state index in [4.69, 9.17) is 10.8 Å². The third-order valence-corrected chi connectivity index (χ3v) is 1.61. The van der Waals surface area contributed by atoms with E-state index in [9.17, 15) is 4.79 Å².